The first kappa shape index (κ1) is 32.6. The van der Waals surface area contributed by atoms with Crippen LogP contribution in [0.3, 0.4) is 0 Å². The smallest absolute Gasteiger partial charge is 0.172 e. The van der Waals surface area contributed by atoms with E-state index < -0.39 is 0 Å². The van der Waals surface area contributed by atoms with Gasteiger partial charge in [0.1, 0.15) is 22.7 Å². The lowest BCUT2D eigenvalue weighted by Gasteiger charge is -2.30. The molecular formula is C39H50O6. The fourth-order valence-corrected chi connectivity index (χ4v) is 7.45. The zero-order valence-electron chi connectivity index (χ0n) is 29.4. The van der Waals surface area contributed by atoms with Crippen molar-refractivity contribution in [2.75, 3.05) is 20.3 Å². The highest BCUT2D eigenvalue weighted by Gasteiger charge is 2.44. The number of aryl methyl sites for hydroxylation is 2. The van der Waals surface area contributed by atoms with E-state index in [4.69, 9.17) is 23.0 Å². The molecule has 1 N–H and O–H groups in total. The molecule has 2 aliphatic rings. The van der Waals surface area contributed by atoms with E-state index in [1.54, 1.807) is 25.3 Å². The van der Waals surface area contributed by atoms with Gasteiger partial charge in [-0.3, -0.25) is 0 Å². The lowest BCUT2D eigenvalue weighted by Crippen LogP contribution is -2.24. The normalized spacial score (nSPS) is 17.9. The molecule has 4 heterocycles. The summed E-state index contributed by atoms with van der Waals surface area (Å²) in [7, 11) is 1.68. The van der Waals surface area contributed by atoms with Crippen LogP contribution in [0.1, 0.15) is 91.9 Å². The molecule has 6 rings (SSSR count). The lowest BCUT2D eigenvalue weighted by atomic mass is 9.71. The summed E-state index contributed by atoms with van der Waals surface area (Å²) in [5.74, 6) is 4.51. The van der Waals surface area contributed by atoms with E-state index in [1.165, 1.54) is 11.1 Å². The largest absolute Gasteiger partial charge is 0.508 e. The van der Waals surface area contributed by atoms with Crippen molar-refractivity contribution in [2.24, 2.45) is 21.7 Å². The van der Waals surface area contributed by atoms with Gasteiger partial charge in [-0.15, -0.1) is 0 Å². The second-order valence-corrected chi connectivity index (χ2v) is 15.9. The number of benzene rings is 2. The van der Waals surface area contributed by atoms with Gasteiger partial charge in [-0.1, -0.05) is 69.2 Å². The minimum atomic E-state index is -0.0128. The molecule has 6 nitrogen and oxygen atoms in total. The van der Waals surface area contributed by atoms with Crippen LogP contribution in [0.25, 0.3) is 33.5 Å². The highest BCUT2D eigenvalue weighted by molar-refractivity contribution is 5.88. The maximum Gasteiger partial charge on any atom is 0.172 e. The third kappa shape index (κ3) is 5.84. The molecule has 0 amide bonds. The average molecular weight is 615 g/mol. The van der Waals surface area contributed by atoms with E-state index in [0.717, 1.165) is 61.9 Å². The Labute approximate surface area is 268 Å². The summed E-state index contributed by atoms with van der Waals surface area (Å²) in [5, 5.41) is 11.7. The first-order valence-electron chi connectivity index (χ1n) is 15.8. The van der Waals surface area contributed by atoms with Crippen LogP contribution in [0.5, 0.6) is 11.5 Å². The molecule has 6 heteroatoms. The number of hydrogen-bond donors (Lipinski definition) is 1. The number of phenols is 1. The number of methoxy groups -OCH3 is 1. The second kappa shape index (κ2) is 10.9. The van der Waals surface area contributed by atoms with Crippen molar-refractivity contribution in [1.82, 2.24) is 0 Å². The summed E-state index contributed by atoms with van der Waals surface area (Å²) < 4.78 is 29.7. The van der Waals surface area contributed by atoms with Gasteiger partial charge in [-0.05, 0) is 72.2 Å². The molecular weight excluding hydrogens is 564 g/mol. The van der Waals surface area contributed by atoms with E-state index in [-0.39, 0.29) is 27.4 Å². The van der Waals surface area contributed by atoms with Crippen LogP contribution in [0, 0.1) is 35.5 Å². The van der Waals surface area contributed by atoms with Crippen molar-refractivity contribution in [3.8, 4) is 11.5 Å². The zero-order chi connectivity index (χ0) is 33.3. The molecule has 0 radical (unpaired) electrons. The highest BCUT2D eigenvalue weighted by atomic mass is 16.5. The van der Waals surface area contributed by atoms with Gasteiger partial charge in [0.2, 0.25) is 0 Å². The number of rotatable bonds is 3. The number of fused-ring (bicyclic) bond motifs is 2. The Morgan fingerprint density at radius 1 is 0.667 bits per heavy atom. The Morgan fingerprint density at radius 3 is 1.51 bits per heavy atom. The van der Waals surface area contributed by atoms with Crippen LogP contribution in [-0.4, -0.2) is 25.4 Å². The van der Waals surface area contributed by atoms with Crippen molar-refractivity contribution in [2.45, 2.75) is 83.1 Å². The quantitative estimate of drug-likeness (QED) is 0.247. The van der Waals surface area contributed by atoms with Crippen molar-refractivity contribution in [1.29, 1.82) is 0 Å². The van der Waals surface area contributed by atoms with Gasteiger partial charge < -0.3 is 28.2 Å². The van der Waals surface area contributed by atoms with Crippen LogP contribution < -0.4 is 4.74 Å². The third-order valence-electron chi connectivity index (χ3n) is 8.94. The van der Waals surface area contributed by atoms with Crippen molar-refractivity contribution < 1.29 is 28.2 Å². The topological polar surface area (TPSA) is 74.2 Å². The van der Waals surface area contributed by atoms with Crippen LogP contribution in [0.2, 0.25) is 0 Å². The minimum absolute atomic E-state index is 0.00286. The summed E-state index contributed by atoms with van der Waals surface area (Å²) in [6.45, 7) is 27.7. The summed E-state index contributed by atoms with van der Waals surface area (Å²) in [4.78, 5) is 0. The molecule has 2 aliphatic heterocycles. The molecule has 0 atom stereocenters. The van der Waals surface area contributed by atoms with Crippen LogP contribution in [-0.2, 0) is 9.47 Å². The maximum atomic E-state index is 9.71. The summed E-state index contributed by atoms with van der Waals surface area (Å²) >= 11 is 0. The molecule has 0 aliphatic carbocycles. The lowest BCUT2D eigenvalue weighted by molar-refractivity contribution is 0.210. The van der Waals surface area contributed by atoms with Crippen LogP contribution in [0.15, 0.2) is 56.4 Å². The first-order valence-corrected chi connectivity index (χ1v) is 15.8. The Morgan fingerprint density at radius 2 is 1.09 bits per heavy atom. The van der Waals surface area contributed by atoms with E-state index in [0.29, 0.717) is 13.2 Å². The van der Waals surface area contributed by atoms with E-state index >= 15 is 0 Å². The van der Waals surface area contributed by atoms with Gasteiger partial charge in [0.05, 0.1) is 20.3 Å². The Bertz CT molecular complexity index is 1820. The zero-order valence-corrected chi connectivity index (χ0v) is 29.4. The maximum absolute atomic E-state index is 9.71. The van der Waals surface area contributed by atoms with Crippen LogP contribution in [0.4, 0.5) is 0 Å². The first-order chi connectivity index (χ1) is 20.8. The van der Waals surface area contributed by atoms with Gasteiger partial charge in [-0.25, -0.2) is 0 Å². The molecule has 0 fully saturated rings. The molecule has 45 heavy (non-hydrogen) atoms. The minimum Gasteiger partial charge on any atom is -0.508 e. The molecule has 4 aromatic rings. The van der Waals surface area contributed by atoms with E-state index in [9.17, 15) is 5.11 Å². The second-order valence-electron chi connectivity index (χ2n) is 15.9. The molecule has 0 saturated carbocycles. The Hall–Kier alpha value is -3.80. The highest BCUT2D eigenvalue weighted by Crippen LogP contribution is 2.52. The van der Waals surface area contributed by atoms with Gasteiger partial charge in [-0.2, -0.15) is 0 Å². The summed E-state index contributed by atoms with van der Waals surface area (Å²) in [6, 6.07) is 11.1. The SMILES string of the molecule is COc1ccc2oc(C3=C(C(C)(C)C)C(C)(C)CO3)c(C)c2c1.Cc1c(C2=C(C(C)(C)C)C(C)(C)CO2)oc2ccc(O)cc12. The predicted octanol–water partition coefficient (Wildman–Crippen LogP) is 10.8. The average Bonchev–Trinajstić information content (AvgIpc) is 3.64. The predicted molar refractivity (Wildman–Crippen MR) is 182 cm³/mol. The molecule has 2 aromatic carbocycles. The third-order valence-corrected chi connectivity index (χ3v) is 8.94. The standard InChI is InChI=1S/C20H26O3.C19H24O3/c1-12-14-10-13(21-7)8-9-15(14)23-16(12)17-18(19(2,3)4)20(5,6)11-22-17;1-11-13-9-12(20)7-8-14(13)22-15(11)16-17(18(2,3)4)19(5,6)10-21-16/h8-10H,11H2,1-7H3;7-9,20H,10H2,1-6H3. The van der Waals surface area contributed by atoms with Gasteiger partial charge in [0, 0.05) is 32.7 Å². The Kier molecular flexibility index (Phi) is 7.91. The van der Waals surface area contributed by atoms with Crippen molar-refractivity contribution >= 4 is 33.5 Å². The molecule has 0 bridgehead atoms. The van der Waals surface area contributed by atoms with E-state index in [2.05, 4.69) is 76.2 Å². The number of aromatic hydroxyl groups is 1. The molecule has 242 valence electrons. The Balaban J connectivity index is 0.000000178. The number of ether oxygens (including phenoxy) is 3. The van der Waals surface area contributed by atoms with Gasteiger partial charge >= 0.3 is 0 Å². The van der Waals surface area contributed by atoms with Crippen LogP contribution >= 0.6 is 0 Å². The van der Waals surface area contributed by atoms with E-state index in [1.807, 2.05) is 25.1 Å². The summed E-state index contributed by atoms with van der Waals surface area (Å²) in [5.41, 5.74) is 6.39. The number of hydrogen-bond acceptors (Lipinski definition) is 6. The summed E-state index contributed by atoms with van der Waals surface area (Å²) in [6.07, 6.45) is 0. The molecule has 0 spiro atoms. The monoisotopic (exact) mass is 614 g/mol. The van der Waals surface area contributed by atoms with Crippen molar-refractivity contribution in [3.05, 3.63) is 70.2 Å². The molecule has 0 saturated heterocycles. The number of furan rings is 2. The molecule has 0 unspecified atom stereocenters. The fraction of sp³-hybridized carbons (Fsp3) is 0.487. The fourth-order valence-electron chi connectivity index (χ4n) is 7.45. The van der Waals surface area contributed by atoms with Crippen molar-refractivity contribution in [3.63, 3.8) is 0 Å². The number of phenolic OH excluding ortho intramolecular Hbond substituents is 1. The van der Waals surface area contributed by atoms with Gasteiger partial charge in [0.25, 0.3) is 0 Å². The van der Waals surface area contributed by atoms with Gasteiger partial charge in [0.15, 0.2) is 23.0 Å². The molecule has 2 aromatic heterocycles.